The van der Waals surface area contributed by atoms with E-state index in [1.165, 1.54) is 35.6 Å². The molecule has 1 aromatic heterocycles. The van der Waals surface area contributed by atoms with E-state index in [0.717, 1.165) is 4.70 Å². The van der Waals surface area contributed by atoms with Gasteiger partial charge in [0, 0.05) is 10.4 Å². The molecule has 7 heteroatoms. The number of carbonyl (C=O) groups excluding carboxylic acids is 2. The molecule has 2 aromatic carbocycles. The fraction of sp³-hybridized carbons (Fsp3) is 0.0556. The quantitative estimate of drug-likeness (QED) is 0.725. The normalized spacial score (nSPS) is 10.2. The van der Waals surface area contributed by atoms with Gasteiger partial charge in [-0.1, -0.05) is 6.07 Å². The number of esters is 1. The van der Waals surface area contributed by atoms with Gasteiger partial charge < -0.3 is 10.1 Å². The molecule has 0 saturated heterocycles. The Balaban J connectivity index is 1.60. The number of hydrogen-bond donors (Lipinski definition) is 1. The van der Waals surface area contributed by atoms with Gasteiger partial charge in [-0.3, -0.25) is 4.79 Å². The summed E-state index contributed by atoms with van der Waals surface area (Å²) < 4.78 is 18.9. The van der Waals surface area contributed by atoms with Gasteiger partial charge in [0.2, 0.25) is 0 Å². The predicted molar refractivity (Wildman–Crippen MR) is 91.9 cm³/mol. The number of anilines is 1. The number of thiophene rings is 1. The van der Waals surface area contributed by atoms with Crippen molar-refractivity contribution in [1.82, 2.24) is 0 Å². The molecule has 0 fully saturated rings. The molecule has 0 bridgehead atoms. The van der Waals surface area contributed by atoms with Gasteiger partial charge in [-0.05, 0) is 47.9 Å². The molecule has 0 unspecified atom stereocenters. The van der Waals surface area contributed by atoms with Crippen molar-refractivity contribution in [2.75, 3.05) is 11.9 Å². The Morgan fingerprint density at radius 1 is 1.20 bits per heavy atom. The van der Waals surface area contributed by atoms with Crippen LogP contribution < -0.4 is 5.32 Å². The Bertz CT molecular complexity index is 1010. The molecule has 0 aliphatic heterocycles. The van der Waals surface area contributed by atoms with E-state index in [-0.39, 0.29) is 5.82 Å². The summed E-state index contributed by atoms with van der Waals surface area (Å²) in [6.45, 7) is -0.460. The third-order valence-corrected chi connectivity index (χ3v) is 4.39. The highest BCUT2D eigenvalue weighted by atomic mass is 32.1. The van der Waals surface area contributed by atoms with Gasteiger partial charge in [0.05, 0.1) is 11.6 Å². The van der Waals surface area contributed by atoms with E-state index < -0.39 is 18.5 Å². The molecule has 5 nitrogen and oxygen atoms in total. The largest absolute Gasteiger partial charge is 0.451 e. The first kappa shape index (κ1) is 16.6. The fourth-order valence-electron chi connectivity index (χ4n) is 2.18. The molecule has 0 aliphatic rings. The Morgan fingerprint density at radius 3 is 2.84 bits per heavy atom. The van der Waals surface area contributed by atoms with E-state index in [9.17, 15) is 14.0 Å². The van der Waals surface area contributed by atoms with Crippen molar-refractivity contribution in [3.8, 4) is 6.07 Å². The molecule has 0 spiro atoms. The predicted octanol–water partition coefficient (Wildman–Crippen LogP) is 3.71. The summed E-state index contributed by atoms with van der Waals surface area (Å²) in [5, 5.41) is 12.0. The number of fused-ring (bicyclic) bond motifs is 1. The van der Waals surface area contributed by atoms with E-state index in [1.54, 1.807) is 24.3 Å². The summed E-state index contributed by atoms with van der Waals surface area (Å²) in [7, 11) is 0. The lowest BCUT2D eigenvalue weighted by Crippen LogP contribution is -2.20. The minimum absolute atomic E-state index is 0.292. The second-order valence-corrected chi connectivity index (χ2v) is 6.19. The molecule has 1 heterocycles. The molecule has 0 atom stereocenters. The molecular weight excluding hydrogens is 343 g/mol. The highest BCUT2D eigenvalue weighted by molar-refractivity contribution is 7.20. The Hall–Kier alpha value is -3.24. The SMILES string of the molecule is N#Cc1cccc(NC(=O)COC(=O)c2cc3cc(F)ccc3s2)c1. The van der Waals surface area contributed by atoms with Crippen LogP contribution in [0.4, 0.5) is 10.1 Å². The van der Waals surface area contributed by atoms with Crippen molar-refractivity contribution in [2.24, 2.45) is 0 Å². The zero-order chi connectivity index (χ0) is 17.8. The van der Waals surface area contributed by atoms with Crippen LogP contribution in [0.15, 0.2) is 48.5 Å². The number of hydrogen-bond acceptors (Lipinski definition) is 5. The summed E-state index contributed by atoms with van der Waals surface area (Å²) in [5.74, 6) is -1.55. The average Bonchev–Trinajstić information content (AvgIpc) is 3.03. The van der Waals surface area contributed by atoms with E-state index in [1.807, 2.05) is 6.07 Å². The summed E-state index contributed by atoms with van der Waals surface area (Å²) in [6.07, 6.45) is 0. The Morgan fingerprint density at radius 2 is 2.04 bits per heavy atom. The second-order valence-electron chi connectivity index (χ2n) is 5.11. The van der Waals surface area contributed by atoms with Crippen LogP contribution in [0.1, 0.15) is 15.2 Å². The molecule has 0 saturated carbocycles. The number of ether oxygens (including phenoxy) is 1. The summed E-state index contributed by atoms with van der Waals surface area (Å²) in [5.41, 5.74) is 0.852. The lowest BCUT2D eigenvalue weighted by atomic mass is 10.2. The highest BCUT2D eigenvalue weighted by Gasteiger charge is 2.14. The number of rotatable bonds is 4. The molecule has 25 heavy (non-hydrogen) atoms. The van der Waals surface area contributed by atoms with Crippen molar-refractivity contribution in [3.05, 3.63) is 64.8 Å². The molecule has 3 aromatic rings. The minimum Gasteiger partial charge on any atom is -0.451 e. The van der Waals surface area contributed by atoms with Gasteiger partial charge in [0.15, 0.2) is 6.61 Å². The number of nitriles is 1. The average molecular weight is 354 g/mol. The Labute approximate surface area is 146 Å². The van der Waals surface area contributed by atoms with Crippen LogP contribution >= 0.6 is 11.3 Å². The maximum absolute atomic E-state index is 13.2. The number of nitrogens with zero attached hydrogens (tertiary/aromatic N) is 1. The molecule has 0 radical (unpaired) electrons. The highest BCUT2D eigenvalue weighted by Crippen LogP contribution is 2.26. The fourth-order valence-corrected chi connectivity index (χ4v) is 3.12. The van der Waals surface area contributed by atoms with E-state index in [4.69, 9.17) is 10.00 Å². The number of benzene rings is 2. The molecule has 0 aliphatic carbocycles. The zero-order valence-corrected chi connectivity index (χ0v) is 13.6. The zero-order valence-electron chi connectivity index (χ0n) is 12.8. The Kier molecular flexibility index (Phi) is 4.73. The summed E-state index contributed by atoms with van der Waals surface area (Å²) in [4.78, 5) is 24.2. The van der Waals surface area contributed by atoms with Gasteiger partial charge in [-0.25, -0.2) is 9.18 Å². The van der Waals surface area contributed by atoms with Crippen LogP contribution in [-0.4, -0.2) is 18.5 Å². The van der Waals surface area contributed by atoms with Crippen LogP contribution in [0.2, 0.25) is 0 Å². The maximum Gasteiger partial charge on any atom is 0.348 e. The second kappa shape index (κ2) is 7.11. The first-order valence-electron chi connectivity index (χ1n) is 7.21. The number of carbonyl (C=O) groups is 2. The van der Waals surface area contributed by atoms with Crippen molar-refractivity contribution < 1.29 is 18.7 Å². The van der Waals surface area contributed by atoms with Crippen molar-refractivity contribution in [1.29, 1.82) is 5.26 Å². The van der Waals surface area contributed by atoms with E-state index >= 15 is 0 Å². The minimum atomic E-state index is -0.650. The van der Waals surface area contributed by atoms with Crippen molar-refractivity contribution in [2.45, 2.75) is 0 Å². The molecule has 1 N–H and O–H groups in total. The van der Waals surface area contributed by atoms with Crippen molar-refractivity contribution in [3.63, 3.8) is 0 Å². The lowest BCUT2D eigenvalue weighted by molar-refractivity contribution is -0.119. The van der Waals surface area contributed by atoms with Gasteiger partial charge in [0.25, 0.3) is 5.91 Å². The standard InChI is InChI=1S/C18H11FN2O3S/c19-13-4-5-15-12(7-13)8-16(25-15)18(23)24-10-17(22)21-14-3-1-2-11(6-14)9-20/h1-8H,10H2,(H,21,22). The smallest absolute Gasteiger partial charge is 0.348 e. The van der Waals surface area contributed by atoms with Gasteiger partial charge in [-0.2, -0.15) is 5.26 Å². The van der Waals surface area contributed by atoms with E-state index in [2.05, 4.69) is 5.32 Å². The number of nitrogens with one attached hydrogen (secondary N) is 1. The van der Waals surface area contributed by atoms with Gasteiger partial charge in [0.1, 0.15) is 10.7 Å². The summed E-state index contributed by atoms with van der Waals surface area (Å²) in [6, 6.07) is 14.1. The van der Waals surface area contributed by atoms with Crippen LogP contribution in [0.25, 0.3) is 10.1 Å². The third kappa shape index (κ3) is 4.00. The molecule has 124 valence electrons. The van der Waals surface area contributed by atoms with Crippen LogP contribution in [-0.2, 0) is 9.53 Å². The topological polar surface area (TPSA) is 79.2 Å². The number of halogens is 1. The van der Waals surface area contributed by atoms with Gasteiger partial charge in [-0.15, -0.1) is 11.3 Å². The van der Waals surface area contributed by atoms with Crippen molar-refractivity contribution >= 4 is 39.0 Å². The van der Waals surface area contributed by atoms with Crippen LogP contribution in [0.3, 0.4) is 0 Å². The van der Waals surface area contributed by atoms with Crippen LogP contribution in [0, 0.1) is 17.1 Å². The molecule has 3 rings (SSSR count). The lowest BCUT2D eigenvalue weighted by Gasteiger charge is -2.06. The first-order chi connectivity index (χ1) is 12.0. The molecule has 1 amide bonds. The third-order valence-electron chi connectivity index (χ3n) is 3.29. The van der Waals surface area contributed by atoms with Crippen LogP contribution in [0.5, 0.6) is 0 Å². The van der Waals surface area contributed by atoms with Gasteiger partial charge >= 0.3 is 5.97 Å². The molecular formula is C18H11FN2O3S. The maximum atomic E-state index is 13.2. The van der Waals surface area contributed by atoms with E-state index in [0.29, 0.717) is 21.5 Å². The monoisotopic (exact) mass is 354 g/mol. The summed E-state index contributed by atoms with van der Waals surface area (Å²) >= 11 is 1.17. The number of amides is 1. The first-order valence-corrected chi connectivity index (χ1v) is 8.03.